The summed E-state index contributed by atoms with van der Waals surface area (Å²) in [6.07, 6.45) is 2.04. The number of amides is 2. The standard InChI is InChI=1S/C26H30N2O/c1-4-5-17-28(26(29)27-25-16-11-20(2)18-21(25)3)19-22-12-14-24(15-13-22)23-9-7-6-8-10-23/h6-16,18H,4-5,17,19H2,1-3H3,(H,27,29). The van der Waals surface area contributed by atoms with Crippen LogP contribution in [-0.4, -0.2) is 17.5 Å². The fourth-order valence-corrected chi connectivity index (χ4v) is 3.40. The van der Waals surface area contributed by atoms with E-state index in [1.165, 1.54) is 16.7 Å². The van der Waals surface area contributed by atoms with E-state index in [2.05, 4.69) is 61.6 Å². The Hall–Kier alpha value is -3.07. The molecule has 3 aromatic carbocycles. The summed E-state index contributed by atoms with van der Waals surface area (Å²) in [5, 5.41) is 3.09. The summed E-state index contributed by atoms with van der Waals surface area (Å²) < 4.78 is 0. The summed E-state index contributed by atoms with van der Waals surface area (Å²) in [5.41, 5.74) is 6.68. The fourth-order valence-electron chi connectivity index (χ4n) is 3.40. The van der Waals surface area contributed by atoms with Crippen molar-refractivity contribution in [3.8, 4) is 11.1 Å². The highest BCUT2D eigenvalue weighted by Gasteiger charge is 2.15. The van der Waals surface area contributed by atoms with E-state index in [1.54, 1.807) is 0 Å². The monoisotopic (exact) mass is 386 g/mol. The Bertz CT molecular complexity index is 933. The SMILES string of the molecule is CCCCN(Cc1ccc(-c2ccccc2)cc1)C(=O)Nc1ccc(C)cc1C. The number of aryl methyl sites for hydroxylation is 2. The summed E-state index contributed by atoms with van der Waals surface area (Å²) in [6.45, 7) is 7.58. The highest BCUT2D eigenvalue weighted by molar-refractivity contribution is 5.90. The van der Waals surface area contributed by atoms with Crippen molar-refractivity contribution in [2.45, 2.75) is 40.2 Å². The molecule has 3 rings (SSSR count). The number of hydrogen-bond donors (Lipinski definition) is 1. The van der Waals surface area contributed by atoms with Gasteiger partial charge < -0.3 is 10.2 Å². The Kier molecular flexibility index (Phi) is 7.07. The van der Waals surface area contributed by atoms with E-state index < -0.39 is 0 Å². The number of nitrogens with one attached hydrogen (secondary N) is 1. The molecule has 150 valence electrons. The molecule has 0 unspecified atom stereocenters. The van der Waals surface area contributed by atoms with Crippen molar-refractivity contribution in [3.63, 3.8) is 0 Å². The largest absolute Gasteiger partial charge is 0.322 e. The number of anilines is 1. The van der Waals surface area contributed by atoms with Gasteiger partial charge in [0.15, 0.2) is 0 Å². The lowest BCUT2D eigenvalue weighted by molar-refractivity contribution is 0.208. The van der Waals surface area contributed by atoms with Crippen LogP contribution in [0.25, 0.3) is 11.1 Å². The normalized spacial score (nSPS) is 10.6. The molecule has 0 atom stereocenters. The topological polar surface area (TPSA) is 32.3 Å². The Labute approximate surface area is 174 Å². The van der Waals surface area contributed by atoms with E-state index in [4.69, 9.17) is 0 Å². The third-order valence-electron chi connectivity index (χ3n) is 5.13. The van der Waals surface area contributed by atoms with Crippen LogP contribution in [0.5, 0.6) is 0 Å². The van der Waals surface area contributed by atoms with Crippen LogP contribution in [0.3, 0.4) is 0 Å². The first-order valence-corrected chi connectivity index (χ1v) is 10.3. The summed E-state index contributed by atoms with van der Waals surface area (Å²) in [4.78, 5) is 14.9. The van der Waals surface area contributed by atoms with Crippen molar-refractivity contribution in [2.75, 3.05) is 11.9 Å². The average molecular weight is 387 g/mol. The van der Waals surface area contributed by atoms with Gasteiger partial charge in [0, 0.05) is 18.8 Å². The molecule has 0 aromatic heterocycles. The number of urea groups is 1. The predicted molar refractivity (Wildman–Crippen MR) is 122 cm³/mol. The number of hydrogen-bond acceptors (Lipinski definition) is 1. The highest BCUT2D eigenvalue weighted by Crippen LogP contribution is 2.21. The van der Waals surface area contributed by atoms with Crippen LogP contribution in [0.15, 0.2) is 72.8 Å². The van der Waals surface area contributed by atoms with Crippen molar-refractivity contribution in [3.05, 3.63) is 89.5 Å². The third-order valence-corrected chi connectivity index (χ3v) is 5.13. The Morgan fingerprint density at radius 3 is 2.24 bits per heavy atom. The molecule has 1 N–H and O–H groups in total. The summed E-state index contributed by atoms with van der Waals surface area (Å²) in [7, 11) is 0. The second-order valence-electron chi connectivity index (χ2n) is 7.59. The zero-order chi connectivity index (χ0) is 20.6. The van der Waals surface area contributed by atoms with E-state index in [0.717, 1.165) is 36.2 Å². The van der Waals surface area contributed by atoms with Gasteiger partial charge in [-0.3, -0.25) is 0 Å². The van der Waals surface area contributed by atoms with Gasteiger partial charge in [0.25, 0.3) is 0 Å². The Morgan fingerprint density at radius 2 is 1.59 bits per heavy atom. The lowest BCUT2D eigenvalue weighted by Crippen LogP contribution is -2.35. The maximum absolute atomic E-state index is 13.0. The average Bonchev–Trinajstić information content (AvgIpc) is 2.74. The second kappa shape index (κ2) is 9.92. The van der Waals surface area contributed by atoms with E-state index in [9.17, 15) is 4.79 Å². The zero-order valence-corrected chi connectivity index (χ0v) is 17.6. The van der Waals surface area contributed by atoms with Crippen LogP contribution in [-0.2, 0) is 6.54 Å². The molecule has 0 aliphatic rings. The maximum Gasteiger partial charge on any atom is 0.322 e. The number of unbranched alkanes of at least 4 members (excludes halogenated alkanes) is 1. The maximum atomic E-state index is 13.0. The number of carbonyl (C=O) groups excluding carboxylic acids is 1. The molecular weight excluding hydrogens is 356 g/mol. The number of carbonyl (C=O) groups is 1. The van der Waals surface area contributed by atoms with Gasteiger partial charge in [-0.05, 0) is 48.6 Å². The first kappa shape index (κ1) is 20.7. The van der Waals surface area contributed by atoms with Gasteiger partial charge >= 0.3 is 6.03 Å². The molecule has 0 heterocycles. The van der Waals surface area contributed by atoms with Crippen LogP contribution in [0.1, 0.15) is 36.5 Å². The van der Waals surface area contributed by atoms with Gasteiger partial charge in [0.1, 0.15) is 0 Å². The lowest BCUT2D eigenvalue weighted by Gasteiger charge is -2.24. The molecule has 0 radical (unpaired) electrons. The molecule has 2 amide bonds. The van der Waals surface area contributed by atoms with Crippen LogP contribution in [0.2, 0.25) is 0 Å². The van der Waals surface area contributed by atoms with Gasteiger partial charge in [-0.1, -0.05) is 85.6 Å². The van der Waals surface area contributed by atoms with Gasteiger partial charge in [0.2, 0.25) is 0 Å². The molecule has 0 saturated carbocycles. The number of nitrogens with zero attached hydrogens (tertiary/aromatic N) is 1. The lowest BCUT2D eigenvalue weighted by atomic mass is 10.0. The molecule has 0 fully saturated rings. The molecule has 0 aliphatic heterocycles. The summed E-state index contributed by atoms with van der Waals surface area (Å²) in [5.74, 6) is 0. The van der Waals surface area contributed by atoms with Crippen molar-refractivity contribution >= 4 is 11.7 Å². The first-order chi connectivity index (χ1) is 14.1. The Balaban J connectivity index is 1.72. The Morgan fingerprint density at radius 1 is 0.897 bits per heavy atom. The third kappa shape index (κ3) is 5.71. The molecule has 3 aromatic rings. The quantitative estimate of drug-likeness (QED) is 0.475. The van der Waals surface area contributed by atoms with E-state index in [0.29, 0.717) is 6.54 Å². The molecule has 0 saturated heterocycles. The van der Waals surface area contributed by atoms with Crippen LogP contribution in [0, 0.1) is 13.8 Å². The van der Waals surface area contributed by atoms with Crippen molar-refractivity contribution in [1.82, 2.24) is 4.90 Å². The van der Waals surface area contributed by atoms with Crippen LogP contribution >= 0.6 is 0 Å². The molecule has 29 heavy (non-hydrogen) atoms. The van der Waals surface area contributed by atoms with E-state index in [1.807, 2.05) is 42.2 Å². The van der Waals surface area contributed by atoms with E-state index in [-0.39, 0.29) is 6.03 Å². The minimum atomic E-state index is -0.0439. The minimum absolute atomic E-state index is 0.0439. The fraction of sp³-hybridized carbons (Fsp3) is 0.269. The second-order valence-corrected chi connectivity index (χ2v) is 7.59. The predicted octanol–water partition coefficient (Wildman–Crippen LogP) is 6.80. The van der Waals surface area contributed by atoms with E-state index >= 15 is 0 Å². The molecular formula is C26H30N2O. The molecule has 0 bridgehead atoms. The van der Waals surface area contributed by atoms with Gasteiger partial charge in [0.05, 0.1) is 0 Å². The van der Waals surface area contributed by atoms with Crippen molar-refractivity contribution in [2.24, 2.45) is 0 Å². The first-order valence-electron chi connectivity index (χ1n) is 10.3. The minimum Gasteiger partial charge on any atom is -0.320 e. The molecule has 3 heteroatoms. The van der Waals surface area contributed by atoms with Gasteiger partial charge in [-0.25, -0.2) is 4.79 Å². The van der Waals surface area contributed by atoms with Crippen molar-refractivity contribution in [1.29, 1.82) is 0 Å². The molecule has 0 aliphatic carbocycles. The summed E-state index contributed by atoms with van der Waals surface area (Å²) >= 11 is 0. The number of rotatable bonds is 7. The van der Waals surface area contributed by atoms with Crippen molar-refractivity contribution < 1.29 is 4.79 Å². The molecule has 0 spiro atoms. The van der Waals surface area contributed by atoms with Crippen LogP contribution < -0.4 is 5.32 Å². The zero-order valence-electron chi connectivity index (χ0n) is 17.6. The van der Waals surface area contributed by atoms with Gasteiger partial charge in [-0.15, -0.1) is 0 Å². The number of benzene rings is 3. The smallest absolute Gasteiger partial charge is 0.320 e. The van der Waals surface area contributed by atoms with Gasteiger partial charge in [-0.2, -0.15) is 0 Å². The highest BCUT2D eigenvalue weighted by atomic mass is 16.2. The van der Waals surface area contributed by atoms with Crippen LogP contribution in [0.4, 0.5) is 10.5 Å². The molecule has 3 nitrogen and oxygen atoms in total. The summed E-state index contributed by atoms with van der Waals surface area (Å²) in [6, 6.07) is 24.9.